The predicted octanol–water partition coefficient (Wildman–Crippen LogP) is 5.72. The van der Waals surface area contributed by atoms with Crippen molar-refractivity contribution in [3.63, 3.8) is 0 Å². The lowest BCUT2D eigenvalue weighted by Crippen LogP contribution is -2.14. The van der Waals surface area contributed by atoms with Crippen molar-refractivity contribution in [1.29, 1.82) is 0 Å². The molecule has 3 aromatic rings. The Hall–Kier alpha value is -3.38. The number of amides is 1. The Morgan fingerprint density at radius 1 is 1.03 bits per heavy atom. The number of hydrogen-bond acceptors (Lipinski definition) is 4. The van der Waals surface area contributed by atoms with Gasteiger partial charge in [0.15, 0.2) is 0 Å². The summed E-state index contributed by atoms with van der Waals surface area (Å²) in [5, 5.41) is 2.72. The van der Waals surface area contributed by atoms with E-state index in [9.17, 15) is 14.0 Å². The van der Waals surface area contributed by atoms with E-state index in [0.717, 1.165) is 11.1 Å². The van der Waals surface area contributed by atoms with Gasteiger partial charge in [0.1, 0.15) is 18.2 Å². The molecule has 1 N–H and O–H groups in total. The van der Waals surface area contributed by atoms with E-state index < -0.39 is 17.7 Å². The standard InChI is InChI=1S/C25H23ClFNO4/c1-3-31-24(29)13-17-7-10-23(22(27)12-17)28-25(30)20-14-19(8-9-21(20)26)32-15-18-6-4-5-16(2)11-18/h4-12,14H,3,13,15H2,1-2H3,(H,28,30). The maximum atomic E-state index is 14.5. The number of halogens is 2. The van der Waals surface area contributed by atoms with Crippen LogP contribution in [0.1, 0.15) is 34.0 Å². The molecular formula is C25H23ClFNO4. The maximum absolute atomic E-state index is 14.5. The summed E-state index contributed by atoms with van der Waals surface area (Å²) in [5.74, 6) is -1.22. The molecule has 166 valence electrons. The lowest BCUT2D eigenvalue weighted by atomic mass is 10.1. The maximum Gasteiger partial charge on any atom is 0.310 e. The molecule has 7 heteroatoms. The van der Waals surface area contributed by atoms with Crippen LogP contribution in [0, 0.1) is 12.7 Å². The first-order valence-electron chi connectivity index (χ1n) is 10.1. The molecule has 3 aromatic carbocycles. The van der Waals surface area contributed by atoms with Crippen molar-refractivity contribution < 1.29 is 23.5 Å². The molecule has 0 unspecified atom stereocenters. The number of benzene rings is 3. The largest absolute Gasteiger partial charge is 0.489 e. The number of esters is 1. The first kappa shape index (κ1) is 23.3. The highest BCUT2D eigenvalue weighted by Gasteiger charge is 2.15. The van der Waals surface area contributed by atoms with E-state index in [1.165, 1.54) is 18.2 Å². The van der Waals surface area contributed by atoms with Crippen LogP contribution in [0.3, 0.4) is 0 Å². The van der Waals surface area contributed by atoms with Crippen LogP contribution >= 0.6 is 11.6 Å². The van der Waals surface area contributed by atoms with Gasteiger partial charge in [-0.3, -0.25) is 9.59 Å². The molecule has 0 aliphatic carbocycles. The van der Waals surface area contributed by atoms with E-state index in [4.69, 9.17) is 21.1 Å². The molecule has 0 radical (unpaired) electrons. The van der Waals surface area contributed by atoms with Gasteiger partial charge in [0.2, 0.25) is 0 Å². The molecule has 0 saturated carbocycles. The van der Waals surface area contributed by atoms with Gasteiger partial charge in [0.25, 0.3) is 5.91 Å². The highest BCUT2D eigenvalue weighted by atomic mass is 35.5. The van der Waals surface area contributed by atoms with E-state index in [2.05, 4.69) is 5.32 Å². The fourth-order valence-corrected chi connectivity index (χ4v) is 3.28. The minimum atomic E-state index is -0.664. The number of carbonyl (C=O) groups is 2. The van der Waals surface area contributed by atoms with Crippen LogP contribution in [0.5, 0.6) is 5.75 Å². The van der Waals surface area contributed by atoms with Crippen molar-refractivity contribution in [2.75, 3.05) is 11.9 Å². The highest BCUT2D eigenvalue weighted by molar-refractivity contribution is 6.34. The SMILES string of the molecule is CCOC(=O)Cc1ccc(NC(=O)c2cc(OCc3cccc(C)c3)ccc2Cl)c(F)c1. The first-order chi connectivity index (χ1) is 15.4. The molecule has 0 saturated heterocycles. The van der Waals surface area contributed by atoms with E-state index >= 15 is 0 Å². The van der Waals surface area contributed by atoms with E-state index in [0.29, 0.717) is 17.9 Å². The number of carbonyl (C=O) groups excluding carboxylic acids is 2. The average Bonchev–Trinajstić information content (AvgIpc) is 2.75. The summed E-state index contributed by atoms with van der Waals surface area (Å²) in [5.41, 5.74) is 2.70. The summed E-state index contributed by atoms with van der Waals surface area (Å²) >= 11 is 6.19. The van der Waals surface area contributed by atoms with Gasteiger partial charge in [-0.2, -0.15) is 0 Å². The van der Waals surface area contributed by atoms with Crippen LogP contribution in [0.2, 0.25) is 5.02 Å². The summed E-state index contributed by atoms with van der Waals surface area (Å²) in [4.78, 5) is 24.3. The average molecular weight is 456 g/mol. The molecule has 0 aromatic heterocycles. The number of anilines is 1. The molecule has 0 fully saturated rings. The number of hydrogen-bond donors (Lipinski definition) is 1. The van der Waals surface area contributed by atoms with Crippen LogP contribution in [0.15, 0.2) is 60.7 Å². The Morgan fingerprint density at radius 2 is 1.84 bits per heavy atom. The Balaban J connectivity index is 1.69. The Labute approximate surface area is 191 Å². The van der Waals surface area contributed by atoms with Crippen LogP contribution in [-0.4, -0.2) is 18.5 Å². The molecule has 0 aliphatic rings. The number of aryl methyl sites for hydroxylation is 1. The Morgan fingerprint density at radius 3 is 2.56 bits per heavy atom. The zero-order chi connectivity index (χ0) is 23.1. The summed E-state index contributed by atoms with van der Waals surface area (Å²) in [6.07, 6.45) is -0.0505. The topological polar surface area (TPSA) is 64.6 Å². The molecular weight excluding hydrogens is 433 g/mol. The summed E-state index contributed by atoms with van der Waals surface area (Å²) in [7, 11) is 0. The molecule has 0 atom stereocenters. The van der Waals surface area contributed by atoms with Crippen molar-refractivity contribution in [3.05, 3.63) is 93.8 Å². The molecule has 0 heterocycles. The molecule has 5 nitrogen and oxygen atoms in total. The van der Waals surface area contributed by atoms with E-state index in [-0.39, 0.29) is 29.3 Å². The van der Waals surface area contributed by atoms with Gasteiger partial charge in [-0.1, -0.05) is 47.5 Å². The van der Waals surface area contributed by atoms with Crippen LogP contribution in [0.4, 0.5) is 10.1 Å². The van der Waals surface area contributed by atoms with Gasteiger partial charge in [0, 0.05) is 0 Å². The minimum Gasteiger partial charge on any atom is -0.489 e. The smallest absolute Gasteiger partial charge is 0.310 e. The van der Waals surface area contributed by atoms with Crippen LogP contribution < -0.4 is 10.1 Å². The van der Waals surface area contributed by atoms with Crippen molar-refractivity contribution >= 4 is 29.2 Å². The van der Waals surface area contributed by atoms with Crippen LogP contribution in [0.25, 0.3) is 0 Å². The zero-order valence-corrected chi connectivity index (χ0v) is 18.5. The second-order valence-electron chi connectivity index (χ2n) is 7.17. The molecule has 0 bridgehead atoms. The normalized spacial score (nSPS) is 10.5. The van der Waals surface area contributed by atoms with Gasteiger partial charge in [0.05, 0.1) is 29.3 Å². The second kappa shape index (κ2) is 10.8. The monoisotopic (exact) mass is 455 g/mol. The zero-order valence-electron chi connectivity index (χ0n) is 17.8. The quantitative estimate of drug-likeness (QED) is 0.441. The fourth-order valence-electron chi connectivity index (χ4n) is 3.08. The minimum absolute atomic E-state index is 0.0234. The van der Waals surface area contributed by atoms with Crippen molar-refractivity contribution in [1.82, 2.24) is 0 Å². The summed E-state index contributed by atoms with van der Waals surface area (Å²) < 4.78 is 25.1. The third-order valence-corrected chi connectivity index (χ3v) is 4.94. The molecule has 32 heavy (non-hydrogen) atoms. The summed E-state index contributed by atoms with van der Waals surface area (Å²) in [6.45, 7) is 4.28. The number of ether oxygens (including phenoxy) is 2. The molecule has 3 rings (SSSR count). The number of nitrogens with one attached hydrogen (secondary N) is 1. The second-order valence-corrected chi connectivity index (χ2v) is 7.58. The van der Waals surface area contributed by atoms with E-state index in [1.807, 2.05) is 31.2 Å². The van der Waals surface area contributed by atoms with Gasteiger partial charge >= 0.3 is 5.97 Å². The third-order valence-electron chi connectivity index (χ3n) is 4.61. The van der Waals surface area contributed by atoms with E-state index in [1.54, 1.807) is 25.1 Å². The number of rotatable bonds is 8. The van der Waals surface area contributed by atoms with Crippen molar-refractivity contribution in [2.24, 2.45) is 0 Å². The van der Waals surface area contributed by atoms with Gasteiger partial charge in [-0.25, -0.2) is 4.39 Å². The van der Waals surface area contributed by atoms with Crippen LogP contribution in [-0.2, 0) is 22.6 Å². The molecule has 0 aliphatic heterocycles. The Kier molecular flexibility index (Phi) is 7.84. The lowest BCUT2D eigenvalue weighted by Gasteiger charge is -2.12. The molecule has 1 amide bonds. The summed E-state index contributed by atoms with van der Waals surface area (Å²) in [6, 6.07) is 16.8. The third kappa shape index (κ3) is 6.31. The van der Waals surface area contributed by atoms with Crippen molar-refractivity contribution in [3.8, 4) is 5.75 Å². The highest BCUT2D eigenvalue weighted by Crippen LogP contribution is 2.25. The van der Waals surface area contributed by atoms with Gasteiger partial charge < -0.3 is 14.8 Å². The molecule has 0 spiro atoms. The lowest BCUT2D eigenvalue weighted by molar-refractivity contribution is -0.142. The predicted molar refractivity (Wildman–Crippen MR) is 122 cm³/mol. The fraction of sp³-hybridized carbons (Fsp3) is 0.200. The first-order valence-corrected chi connectivity index (χ1v) is 10.5. The van der Waals surface area contributed by atoms with Crippen molar-refractivity contribution in [2.45, 2.75) is 26.9 Å². The Bertz CT molecular complexity index is 1130. The van der Waals surface area contributed by atoms with Gasteiger partial charge in [-0.05, 0) is 55.3 Å². The van der Waals surface area contributed by atoms with Gasteiger partial charge in [-0.15, -0.1) is 0 Å².